The minimum Gasteiger partial charge on any atom is -0.395 e. The molecule has 1 fully saturated rings. The number of nitrogens with zero attached hydrogens (tertiary/aromatic N) is 2. The van der Waals surface area contributed by atoms with Gasteiger partial charge in [0, 0.05) is 19.6 Å². The van der Waals surface area contributed by atoms with E-state index in [4.69, 9.17) is 0 Å². The van der Waals surface area contributed by atoms with Crippen molar-refractivity contribution in [1.29, 1.82) is 0 Å². The molecule has 4 heteroatoms. The van der Waals surface area contributed by atoms with Gasteiger partial charge in [0.25, 0.3) is 0 Å². The molecule has 1 aromatic heterocycles. The van der Waals surface area contributed by atoms with Crippen LogP contribution in [0.3, 0.4) is 0 Å². The average Bonchev–Trinajstić information content (AvgIpc) is 2.46. The summed E-state index contributed by atoms with van der Waals surface area (Å²) in [5.41, 5.74) is 2.13. The Kier molecular flexibility index (Phi) is 4.81. The van der Waals surface area contributed by atoms with Gasteiger partial charge in [-0.15, -0.1) is 0 Å². The van der Waals surface area contributed by atoms with Gasteiger partial charge in [-0.25, -0.2) is 0 Å². The van der Waals surface area contributed by atoms with Crippen LogP contribution in [0.15, 0.2) is 18.5 Å². The number of nitrogens with one attached hydrogen (secondary N) is 1. The number of aliphatic hydroxyl groups excluding tert-OH is 1. The van der Waals surface area contributed by atoms with E-state index in [1.54, 1.807) is 0 Å². The summed E-state index contributed by atoms with van der Waals surface area (Å²) < 4.78 is 0. The summed E-state index contributed by atoms with van der Waals surface area (Å²) in [5, 5.41) is 12.4. The first-order valence-electron chi connectivity index (χ1n) is 6.85. The highest BCUT2D eigenvalue weighted by Gasteiger charge is 2.21. The molecule has 2 N–H and O–H groups in total. The van der Waals surface area contributed by atoms with Gasteiger partial charge in [0.1, 0.15) is 0 Å². The largest absolute Gasteiger partial charge is 0.395 e. The van der Waals surface area contributed by atoms with Crippen LogP contribution in [0.5, 0.6) is 0 Å². The number of hydrogen-bond donors (Lipinski definition) is 2. The third kappa shape index (κ3) is 3.13. The molecular weight excluding hydrogens is 226 g/mol. The lowest BCUT2D eigenvalue weighted by atomic mass is 9.94. The van der Waals surface area contributed by atoms with E-state index in [-0.39, 0.29) is 6.61 Å². The number of pyridine rings is 1. The van der Waals surface area contributed by atoms with Crippen LogP contribution < -0.4 is 10.2 Å². The zero-order valence-electron chi connectivity index (χ0n) is 11.1. The van der Waals surface area contributed by atoms with Crippen molar-refractivity contribution in [3.8, 4) is 0 Å². The number of aliphatic hydroxyl groups is 1. The van der Waals surface area contributed by atoms with Crippen LogP contribution in [0.1, 0.15) is 32.1 Å². The van der Waals surface area contributed by atoms with Gasteiger partial charge in [0.05, 0.1) is 30.4 Å². The second kappa shape index (κ2) is 6.59. The van der Waals surface area contributed by atoms with E-state index in [9.17, 15) is 5.11 Å². The zero-order chi connectivity index (χ0) is 12.8. The Labute approximate surface area is 109 Å². The van der Waals surface area contributed by atoms with Crippen molar-refractivity contribution >= 4 is 11.4 Å². The SMILES string of the molecule is CNc1cncc(N(CCO)C2CCCCC2)c1. The fraction of sp³-hybridized carbons (Fsp3) is 0.643. The molecule has 0 unspecified atom stereocenters. The van der Waals surface area contributed by atoms with Gasteiger partial charge in [-0.3, -0.25) is 4.98 Å². The highest BCUT2D eigenvalue weighted by atomic mass is 16.3. The summed E-state index contributed by atoms with van der Waals surface area (Å²) in [5.74, 6) is 0. The molecule has 100 valence electrons. The number of anilines is 2. The zero-order valence-corrected chi connectivity index (χ0v) is 11.1. The molecule has 0 aromatic carbocycles. The van der Waals surface area contributed by atoms with Gasteiger partial charge in [-0.1, -0.05) is 19.3 Å². The van der Waals surface area contributed by atoms with Gasteiger partial charge in [0.2, 0.25) is 0 Å². The molecule has 4 nitrogen and oxygen atoms in total. The molecule has 1 heterocycles. The van der Waals surface area contributed by atoms with Crippen LogP contribution in [-0.4, -0.2) is 36.3 Å². The van der Waals surface area contributed by atoms with Crippen molar-refractivity contribution in [1.82, 2.24) is 4.98 Å². The second-order valence-corrected chi connectivity index (χ2v) is 4.89. The molecule has 0 aliphatic heterocycles. The minimum absolute atomic E-state index is 0.195. The number of hydrogen-bond acceptors (Lipinski definition) is 4. The Balaban J connectivity index is 2.16. The van der Waals surface area contributed by atoms with Crippen molar-refractivity contribution in [2.45, 2.75) is 38.1 Å². The van der Waals surface area contributed by atoms with Gasteiger partial charge < -0.3 is 15.3 Å². The first-order valence-corrected chi connectivity index (χ1v) is 6.85. The third-order valence-electron chi connectivity index (χ3n) is 3.70. The molecule has 1 aliphatic rings. The van der Waals surface area contributed by atoms with Crippen LogP contribution in [0.4, 0.5) is 11.4 Å². The van der Waals surface area contributed by atoms with E-state index in [1.807, 2.05) is 19.4 Å². The standard InChI is InChI=1S/C14H23N3O/c1-15-12-9-14(11-16-10-12)17(7-8-18)13-5-3-2-4-6-13/h9-11,13,15,18H,2-8H2,1H3. The Morgan fingerprint density at radius 2 is 2.11 bits per heavy atom. The van der Waals surface area contributed by atoms with E-state index in [0.29, 0.717) is 12.6 Å². The maximum Gasteiger partial charge on any atom is 0.0606 e. The van der Waals surface area contributed by atoms with Crippen molar-refractivity contribution in [3.63, 3.8) is 0 Å². The van der Waals surface area contributed by atoms with Crippen LogP contribution >= 0.6 is 0 Å². The average molecular weight is 249 g/mol. The number of aromatic nitrogens is 1. The molecule has 0 amide bonds. The molecule has 18 heavy (non-hydrogen) atoms. The highest BCUT2D eigenvalue weighted by Crippen LogP contribution is 2.27. The molecule has 1 aliphatic carbocycles. The Morgan fingerprint density at radius 1 is 1.33 bits per heavy atom. The molecule has 1 aromatic rings. The predicted octanol–water partition coefficient (Wildman–Crippen LogP) is 2.25. The molecule has 0 saturated heterocycles. The van der Waals surface area contributed by atoms with Crippen molar-refractivity contribution in [2.75, 3.05) is 30.4 Å². The van der Waals surface area contributed by atoms with E-state index in [2.05, 4.69) is 21.3 Å². The van der Waals surface area contributed by atoms with E-state index in [0.717, 1.165) is 11.4 Å². The lowest BCUT2D eigenvalue weighted by Gasteiger charge is -2.35. The first-order chi connectivity index (χ1) is 8.85. The molecule has 2 rings (SSSR count). The monoisotopic (exact) mass is 249 g/mol. The summed E-state index contributed by atoms with van der Waals surface area (Å²) in [7, 11) is 1.90. The Hall–Kier alpha value is -1.29. The molecule has 1 saturated carbocycles. The lowest BCUT2D eigenvalue weighted by Crippen LogP contribution is -2.38. The molecular formula is C14H23N3O. The normalized spacial score (nSPS) is 16.6. The number of rotatable bonds is 5. The van der Waals surface area contributed by atoms with Crippen molar-refractivity contribution in [3.05, 3.63) is 18.5 Å². The lowest BCUT2D eigenvalue weighted by molar-refractivity contribution is 0.290. The summed E-state index contributed by atoms with van der Waals surface area (Å²) >= 11 is 0. The first kappa shape index (κ1) is 13.1. The van der Waals surface area contributed by atoms with E-state index >= 15 is 0 Å². The maximum absolute atomic E-state index is 9.28. The van der Waals surface area contributed by atoms with Crippen LogP contribution in [0.25, 0.3) is 0 Å². The summed E-state index contributed by atoms with van der Waals surface area (Å²) in [6, 6.07) is 2.66. The van der Waals surface area contributed by atoms with Gasteiger partial charge in [-0.2, -0.15) is 0 Å². The minimum atomic E-state index is 0.195. The topological polar surface area (TPSA) is 48.4 Å². The van der Waals surface area contributed by atoms with Gasteiger partial charge in [-0.05, 0) is 18.9 Å². The van der Waals surface area contributed by atoms with E-state index in [1.165, 1.54) is 32.1 Å². The van der Waals surface area contributed by atoms with Gasteiger partial charge >= 0.3 is 0 Å². The van der Waals surface area contributed by atoms with Gasteiger partial charge in [0.15, 0.2) is 0 Å². The van der Waals surface area contributed by atoms with Crippen LogP contribution in [0.2, 0.25) is 0 Å². The Bertz CT molecular complexity index is 364. The Morgan fingerprint density at radius 3 is 2.78 bits per heavy atom. The fourth-order valence-electron chi connectivity index (χ4n) is 2.74. The second-order valence-electron chi connectivity index (χ2n) is 4.89. The smallest absolute Gasteiger partial charge is 0.0606 e. The quantitative estimate of drug-likeness (QED) is 0.840. The third-order valence-corrected chi connectivity index (χ3v) is 3.70. The molecule has 0 atom stereocenters. The van der Waals surface area contributed by atoms with E-state index < -0.39 is 0 Å². The van der Waals surface area contributed by atoms with Crippen LogP contribution in [-0.2, 0) is 0 Å². The van der Waals surface area contributed by atoms with Crippen LogP contribution in [0, 0.1) is 0 Å². The fourth-order valence-corrected chi connectivity index (χ4v) is 2.74. The molecule has 0 bridgehead atoms. The highest BCUT2D eigenvalue weighted by molar-refractivity contribution is 5.56. The molecule has 0 spiro atoms. The maximum atomic E-state index is 9.28. The summed E-state index contributed by atoms with van der Waals surface area (Å²) in [4.78, 5) is 6.58. The van der Waals surface area contributed by atoms with Crippen molar-refractivity contribution in [2.24, 2.45) is 0 Å². The van der Waals surface area contributed by atoms with Crippen molar-refractivity contribution < 1.29 is 5.11 Å². The predicted molar refractivity (Wildman–Crippen MR) is 75.1 cm³/mol. The summed E-state index contributed by atoms with van der Waals surface area (Å²) in [6.07, 6.45) is 10.1. The molecule has 0 radical (unpaired) electrons. The summed E-state index contributed by atoms with van der Waals surface area (Å²) in [6.45, 7) is 0.889.